The highest BCUT2D eigenvalue weighted by molar-refractivity contribution is 5.94. The van der Waals surface area contributed by atoms with Crippen LogP contribution in [0.3, 0.4) is 0 Å². The Morgan fingerprint density at radius 1 is 1.43 bits per heavy atom. The maximum atomic E-state index is 13.1. The Hall–Kier alpha value is -1.45. The van der Waals surface area contributed by atoms with Gasteiger partial charge in [0.1, 0.15) is 0 Å². The van der Waals surface area contributed by atoms with Crippen LogP contribution in [0.15, 0.2) is 12.1 Å². The number of benzene rings is 1. The number of amides is 1. The van der Waals surface area contributed by atoms with Crippen LogP contribution in [0.1, 0.15) is 22.8 Å². The highest BCUT2D eigenvalue weighted by atomic mass is 19.2. The summed E-state index contributed by atoms with van der Waals surface area (Å²) in [5.74, 6) is -2.68. The fraction of sp³-hybridized carbons (Fsp3) is 0.300. The predicted molar refractivity (Wildman–Crippen MR) is 49.1 cm³/mol. The predicted octanol–water partition coefficient (Wildman–Crippen LogP) is 2.02. The van der Waals surface area contributed by atoms with Gasteiger partial charge < -0.3 is 5.32 Å². The molecule has 1 aromatic carbocycles. The summed E-state index contributed by atoms with van der Waals surface area (Å²) in [4.78, 5) is 11.3. The van der Waals surface area contributed by atoms with Gasteiger partial charge in [0.15, 0.2) is 11.6 Å². The van der Waals surface area contributed by atoms with Gasteiger partial charge in [0, 0.05) is 6.54 Å². The minimum Gasteiger partial charge on any atom is -0.352 e. The first-order valence-corrected chi connectivity index (χ1v) is 4.30. The molecule has 0 aliphatic heterocycles. The molecule has 0 aromatic heterocycles. The van der Waals surface area contributed by atoms with E-state index >= 15 is 0 Å². The first kappa shape index (κ1) is 10.6. The third-order valence-corrected chi connectivity index (χ3v) is 1.75. The number of hydrogen-bond donors (Lipinski definition) is 1. The Balaban J connectivity index is 3.13. The van der Waals surface area contributed by atoms with Crippen LogP contribution in [0, 0.1) is 18.6 Å². The number of nitrogens with one attached hydrogen (secondary N) is 1. The molecule has 0 aliphatic rings. The van der Waals surface area contributed by atoms with E-state index in [1.54, 1.807) is 13.8 Å². The van der Waals surface area contributed by atoms with Gasteiger partial charge in [-0.25, -0.2) is 8.78 Å². The van der Waals surface area contributed by atoms with Crippen molar-refractivity contribution < 1.29 is 13.6 Å². The molecule has 0 saturated carbocycles. The highest BCUT2D eigenvalue weighted by Gasteiger charge is 2.15. The normalized spacial score (nSPS) is 10.0. The van der Waals surface area contributed by atoms with Crippen LogP contribution in [0.4, 0.5) is 8.78 Å². The van der Waals surface area contributed by atoms with E-state index in [-0.39, 0.29) is 5.56 Å². The van der Waals surface area contributed by atoms with E-state index in [1.165, 1.54) is 6.07 Å². The quantitative estimate of drug-likeness (QED) is 0.775. The lowest BCUT2D eigenvalue weighted by molar-refractivity contribution is 0.0950. The molecule has 76 valence electrons. The molecule has 2 nitrogen and oxygen atoms in total. The Labute approximate surface area is 80.9 Å². The molecule has 0 radical (unpaired) electrons. The summed E-state index contributed by atoms with van der Waals surface area (Å²) in [6.07, 6.45) is 0. The SMILES string of the molecule is CCNC(=O)c1cc(C)cc(F)c1F. The first-order chi connectivity index (χ1) is 6.56. The van der Waals surface area contributed by atoms with Crippen molar-refractivity contribution in [3.8, 4) is 0 Å². The first-order valence-electron chi connectivity index (χ1n) is 4.30. The number of halogens is 2. The molecular formula is C10H11F2NO. The summed E-state index contributed by atoms with van der Waals surface area (Å²) >= 11 is 0. The van der Waals surface area contributed by atoms with Gasteiger partial charge in [-0.05, 0) is 31.5 Å². The van der Waals surface area contributed by atoms with Gasteiger partial charge in [-0.1, -0.05) is 0 Å². The van der Waals surface area contributed by atoms with Gasteiger partial charge in [0.25, 0.3) is 5.91 Å². The summed E-state index contributed by atoms with van der Waals surface area (Å²) in [5, 5.41) is 2.41. The van der Waals surface area contributed by atoms with E-state index in [0.29, 0.717) is 12.1 Å². The fourth-order valence-corrected chi connectivity index (χ4v) is 1.15. The van der Waals surface area contributed by atoms with E-state index in [4.69, 9.17) is 0 Å². The fourth-order valence-electron chi connectivity index (χ4n) is 1.15. The zero-order chi connectivity index (χ0) is 10.7. The maximum absolute atomic E-state index is 13.1. The minimum absolute atomic E-state index is 0.246. The van der Waals surface area contributed by atoms with Crippen LogP contribution in [0.25, 0.3) is 0 Å². The summed E-state index contributed by atoms with van der Waals surface area (Å²) in [7, 11) is 0. The number of aryl methyl sites for hydroxylation is 1. The topological polar surface area (TPSA) is 29.1 Å². The van der Waals surface area contributed by atoms with Crippen molar-refractivity contribution in [1.82, 2.24) is 5.32 Å². The zero-order valence-corrected chi connectivity index (χ0v) is 8.03. The molecule has 1 N–H and O–H groups in total. The Morgan fingerprint density at radius 3 is 2.64 bits per heavy atom. The molecule has 0 aliphatic carbocycles. The molecule has 0 spiro atoms. The molecule has 0 heterocycles. The van der Waals surface area contributed by atoms with Crippen molar-refractivity contribution in [2.75, 3.05) is 6.54 Å². The second kappa shape index (κ2) is 4.17. The van der Waals surface area contributed by atoms with Crippen LogP contribution >= 0.6 is 0 Å². The molecule has 0 saturated heterocycles. The smallest absolute Gasteiger partial charge is 0.254 e. The van der Waals surface area contributed by atoms with Gasteiger partial charge in [0.2, 0.25) is 0 Å². The van der Waals surface area contributed by atoms with Crippen molar-refractivity contribution in [2.45, 2.75) is 13.8 Å². The Bertz CT molecular complexity index is 363. The molecule has 0 unspecified atom stereocenters. The Morgan fingerprint density at radius 2 is 2.07 bits per heavy atom. The van der Waals surface area contributed by atoms with E-state index in [0.717, 1.165) is 6.07 Å². The maximum Gasteiger partial charge on any atom is 0.254 e. The molecule has 1 rings (SSSR count). The Kier molecular flexibility index (Phi) is 3.17. The lowest BCUT2D eigenvalue weighted by Crippen LogP contribution is -2.24. The van der Waals surface area contributed by atoms with Crippen LogP contribution < -0.4 is 5.32 Å². The van der Waals surface area contributed by atoms with Crippen molar-refractivity contribution in [2.24, 2.45) is 0 Å². The standard InChI is InChI=1S/C10H11F2NO/c1-3-13-10(14)7-4-6(2)5-8(11)9(7)12/h4-5H,3H2,1-2H3,(H,13,14). The van der Waals surface area contributed by atoms with Gasteiger partial charge in [-0.2, -0.15) is 0 Å². The van der Waals surface area contributed by atoms with Crippen LogP contribution in [0.2, 0.25) is 0 Å². The van der Waals surface area contributed by atoms with Gasteiger partial charge in [0.05, 0.1) is 5.56 Å². The third-order valence-electron chi connectivity index (χ3n) is 1.75. The van der Waals surface area contributed by atoms with Crippen LogP contribution in [-0.2, 0) is 0 Å². The lowest BCUT2D eigenvalue weighted by atomic mass is 10.1. The van der Waals surface area contributed by atoms with Gasteiger partial charge in [-0.15, -0.1) is 0 Å². The summed E-state index contributed by atoms with van der Waals surface area (Å²) in [6.45, 7) is 3.70. The monoisotopic (exact) mass is 199 g/mol. The van der Waals surface area contributed by atoms with E-state index in [2.05, 4.69) is 5.32 Å². The highest BCUT2D eigenvalue weighted by Crippen LogP contribution is 2.14. The molecular weight excluding hydrogens is 188 g/mol. The van der Waals surface area contributed by atoms with Crippen molar-refractivity contribution in [1.29, 1.82) is 0 Å². The van der Waals surface area contributed by atoms with Crippen molar-refractivity contribution in [3.05, 3.63) is 34.9 Å². The average Bonchev–Trinajstić information content (AvgIpc) is 2.11. The minimum atomic E-state index is -1.10. The van der Waals surface area contributed by atoms with E-state index in [1.807, 2.05) is 0 Å². The number of rotatable bonds is 2. The molecule has 0 bridgehead atoms. The third kappa shape index (κ3) is 2.07. The van der Waals surface area contributed by atoms with Crippen LogP contribution in [-0.4, -0.2) is 12.5 Å². The van der Waals surface area contributed by atoms with E-state index < -0.39 is 17.5 Å². The summed E-state index contributed by atoms with van der Waals surface area (Å²) in [5.41, 5.74) is 0.273. The summed E-state index contributed by atoms with van der Waals surface area (Å²) in [6, 6.07) is 2.38. The molecule has 0 fully saturated rings. The number of hydrogen-bond acceptors (Lipinski definition) is 1. The van der Waals surface area contributed by atoms with Gasteiger partial charge >= 0.3 is 0 Å². The molecule has 0 atom stereocenters. The van der Waals surface area contributed by atoms with Crippen molar-refractivity contribution in [3.63, 3.8) is 0 Å². The largest absolute Gasteiger partial charge is 0.352 e. The van der Waals surface area contributed by atoms with Gasteiger partial charge in [-0.3, -0.25) is 4.79 Å². The molecule has 14 heavy (non-hydrogen) atoms. The second-order valence-corrected chi connectivity index (χ2v) is 2.97. The average molecular weight is 199 g/mol. The number of carbonyl (C=O) groups is 1. The zero-order valence-electron chi connectivity index (χ0n) is 8.03. The lowest BCUT2D eigenvalue weighted by Gasteiger charge is -2.05. The van der Waals surface area contributed by atoms with Crippen molar-refractivity contribution >= 4 is 5.91 Å². The van der Waals surface area contributed by atoms with E-state index in [9.17, 15) is 13.6 Å². The molecule has 1 aromatic rings. The van der Waals surface area contributed by atoms with Crippen LogP contribution in [0.5, 0.6) is 0 Å². The number of carbonyl (C=O) groups excluding carboxylic acids is 1. The second-order valence-electron chi connectivity index (χ2n) is 2.97. The molecule has 4 heteroatoms. The summed E-state index contributed by atoms with van der Waals surface area (Å²) < 4.78 is 26.0. The molecule has 1 amide bonds.